The Morgan fingerprint density at radius 1 is 1.44 bits per heavy atom. The Kier molecular flexibility index (Phi) is 4.90. The number of hydrogen-bond acceptors (Lipinski definition) is 8. The summed E-state index contributed by atoms with van der Waals surface area (Å²) < 4.78 is 19.9. The van der Waals surface area contributed by atoms with Gasteiger partial charge in [-0.15, -0.1) is 0 Å². The van der Waals surface area contributed by atoms with Crippen molar-refractivity contribution in [2.24, 2.45) is 4.99 Å². The second-order valence-electron chi connectivity index (χ2n) is 6.22. The zero-order valence-corrected chi connectivity index (χ0v) is 15.2. The fraction of sp³-hybridized carbons (Fsp3) is 0.600. The highest BCUT2D eigenvalue weighted by molar-refractivity contribution is 8.13. The maximum absolute atomic E-state index is 14.2. The van der Waals surface area contributed by atoms with E-state index in [-0.39, 0.29) is 22.5 Å². The van der Waals surface area contributed by atoms with E-state index >= 15 is 0 Å². The van der Waals surface area contributed by atoms with Gasteiger partial charge < -0.3 is 20.2 Å². The molecule has 136 valence electrons. The van der Waals surface area contributed by atoms with Crippen LogP contribution >= 0.6 is 23.4 Å². The third kappa shape index (κ3) is 3.38. The highest BCUT2D eigenvalue weighted by atomic mass is 35.5. The maximum Gasteiger partial charge on any atom is 0.264 e. The molecule has 3 atom stereocenters. The van der Waals surface area contributed by atoms with Gasteiger partial charge in [0.15, 0.2) is 21.8 Å². The number of rotatable bonds is 4. The minimum Gasteiger partial charge on any atom is -0.475 e. The topological polar surface area (TPSA) is 79.8 Å². The first kappa shape index (κ1) is 17.1. The number of thioether (sulfide) groups is 1. The van der Waals surface area contributed by atoms with Crippen LogP contribution in [0.4, 0.5) is 10.1 Å². The van der Waals surface area contributed by atoms with Gasteiger partial charge in [-0.2, -0.15) is 10.5 Å². The number of ether oxygens (including phenoxy) is 1. The van der Waals surface area contributed by atoms with Gasteiger partial charge in [-0.05, 0) is 25.5 Å². The zero-order valence-electron chi connectivity index (χ0n) is 13.6. The number of hydroxylamine groups is 1. The van der Waals surface area contributed by atoms with Crippen LogP contribution in [0.5, 0.6) is 11.6 Å². The van der Waals surface area contributed by atoms with Gasteiger partial charge >= 0.3 is 0 Å². The second-order valence-corrected chi connectivity index (χ2v) is 7.38. The van der Waals surface area contributed by atoms with Gasteiger partial charge in [0, 0.05) is 24.7 Å². The first-order valence-corrected chi connectivity index (χ1v) is 9.82. The van der Waals surface area contributed by atoms with E-state index in [0.29, 0.717) is 29.9 Å². The van der Waals surface area contributed by atoms with Crippen LogP contribution in [0.3, 0.4) is 0 Å². The normalized spacial score (nSPS) is 27.2. The zero-order chi connectivity index (χ0) is 17.4. The fourth-order valence-corrected chi connectivity index (χ4v) is 3.91. The van der Waals surface area contributed by atoms with Gasteiger partial charge in [0.25, 0.3) is 5.88 Å². The fourth-order valence-electron chi connectivity index (χ4n) is 3.43. The molecule has 0 amide bonds. The summed E-state index contributed by atoms with van der Waals surface area (Å²) in [5.41, 5.74) is 2.64. The number of nitrogens with zero attached hydrogens (tertiary/aromatic N) is 2. The average molecular weight is 388 g/mol. The van der Waals surface area contributed by atoms with E-state index in [1.165, 1.54) is 24.6 Å². The molecule has 10 heteroatoms. The average Bonchev–Trinajstić information content (AvgIpc) is 3.02. The summed E-state index contributed by atoms with van der Waals surface area (Å²) >= 11 is 7.18. The lowest BCUT2D eigenvalue weighted by Crippen LogP contribution is -2.56. The van der Waals surface area contributed by atoms with Crippen LogP contribution in [0.25, 0.3) is 0 Å². The van der Waals surface area contributed by atoms with E-state index in [1.807, 2.05) is 0 Å². The quantitative estimate of drug-likeness (QED) is 0.682. The van der Waals surface area contributed by atoms with Crippen molar-refractivity contribution in [3.63, 3.8) is 0 Å². The van der Waals surface area contributed by atoms with Gasteiger partial charge in [0.2, 0.25) is 5.75 Å². The molecule has 1 aromatic heterocycles. The van der Waals surface area contributed by atoms with Gasteiger partial charge in [-0.1, -0.05) is 23.4 Å². The van der Waals surface area contributed by atoms with E-state index in [9.17, 15) is 4.39 Å². The number of aromatic nitrogens is 1. The minimum absolute atomic E-state index is 0.00851. The number of halogens is 2. The number of piperazine rings is 1. The van der Waals surface area contributed by atoms with E-state index in [4.69, 9.17) is 21.2 Å². The lowest BCUT2D eigenvalue weighted by molar-refractivity contribution is 0.210. The van der Waals surface area contributed by atoms with Gasteiger partial charge in [-0.3, -0.25) is 0 Å². The van der Waals surface area contributed by atoms with Gasteiger partial charge in [-0.25, -0.2) is 9.38 Å². The third-order valence-corrected chi connectivity index (χ3v) is 5.51. The van der Waals surface area contributed by atoms with Crippen molar-refractivity contribution < 1.29 is 14.0 Å². The van der Waals surface area contributed by atoms with Crippen LogP contribution < -0.4 is 25.7 Å². The Hall–Kier alpha value is -1.29. The van der Waals surface area contributed by atoms with E-state index in [0.717, 1.165) is 13.0 Å². The Morgan fingerprint density at radius 2 is 2.32 bits per heavy atom. The second kappa shape index (κ2) is 7.14. The molecule has 3 aliphatic rings. The largest absolute Gasteiger partial charge is 0.475 e. The van der Waals surface area contributed by atoms with Crippen LogP contribution in [0, 0.1) is 5.82 Å². The molecule has 0 aromatic carbocycles. The molecule has 3 unspecified atom stereocenters. The lowest BCUT2D eigenvalue weighted by atomic mass is 10.0. The van der Waals surface area contributed by atoms with Crippen LogP contribution in [0.2, 0.25) is 5.15 Å². The Balaban J connectivity index is 1.46. The molecular formula is C15H19ClFN5O2S. The molecule has 0 radical (unpaired) electrons. The molecule has 0 aliphatic carbocycles. The third-order valence-electron chi connectivity index (χ3n) is 4.70. The Bertz CT molecular complexity index is 707. The molecule has 25 heavy (non-hydrogen) atoms. The molecule has 2 bridgehead atoms. The van der Waals surface area contributed by atoms with Crippen LogP contribution in [-0.4, -0.2) is 47.7 Å². The van der Waals surface area contributed by atoms with E-state index in [1.54, 1.807) is 6.26 Å². The predicted molar refractivity (Wildman–Crippen MR) is 95.4 cm³/mol. The number of pyridine rings is 1. The highest BCUT2D eigenvalue weighted by Crippen LogP contribution is 2.42. The van der Waals surface area contributed by atoms with Crippen LogP contribution in [0.1, 0.15) is 19.3 Å². The summed E-state index contributed by atoms with van der Waals surface area (Å²) in [5.74, 6) is -0.451. The molecule has 2 saturated heterocycles. The van der Waals surface area contributed by atoms with E-state index in [2.05, 4.69) is 26.1 Å². The minimum atomic E-state index is -0.716. The standard InChI is InChI=1S/C15H19ClFN5O2S/c1-25-15-20-11-10(17)13(16)21-14(12(11)24-22-15)23-5-4-8-9-3-2-7(19-9)6-18-8/h7-9,18-19H,2-6H2,1H3,(H,20,22). The van der Waals surface area contributed by atoms with Crippen molar-refractivity contribution >= 4 is 34.2 Å². The van der Waals surface area contributed by atoms with Crippen LogP contribution in [0.15, 0.2) is 4.99 Å². The number of amidine groups is 1. The predicted octanol–water partition coefficient (Wildman–Crippen LogP) is 1.98. The summed E-state index contributed by atoms with van der Waals surface area (Å²) in [7, 11) is 0. The van der Waals surface area contributed by atoms with Crippen LogP contribution in [-0.2, 0) is 0 Å². The summed E-state index contributed by atoms with van der Waals surface area (Å²) in [5, 5.41) is 7.31. The summed E-state index contributed by atoms with van der Waals surface area (Å²) in [4.78, 5) is 13.5. The number of nitrogens with one attached hydrogen (secondary N) is 3. The molecule has 3 aliphatic heterocycles. The molecule has 1 aromatic rings. The molecule has 4 rings (SSSR count). The molecular weight excluding hydrogens is 369 g/mol. The lowest BCUT2D eigenvalue weighted by Gasteiger charge is -2.31. The molecule has 2 fully saturated rings. The van der Waals surface area contributed by atoms with Crippen molar-refractivity contribution in [3.8, 4) is 11.6 Å². The van der Waals surface area contributed by atoms with Crippen molar-refractivity contribution in [2.75, 3.05) is 19.4 Å². The number of hydrogen-bond donors (Lipinski definition) is 3. The highest BCUT2D eigenvalue weighted by Gasteiger charge is 2.34. The SMILES string of the molecule is CSC1=Nc2c(F)c(Cl)nc(OCCC3NCC4CCC3N4)c2ON1. The van der Waals surface area contributed by atoms with Crippen molar-refractivity contribution in [1.29, 1.82) is 0 Å². The molecule has 3 N–H and O–H groups in total. The Labute approximate surface area is 154 Å². The van der Waals surface area contributed by atoms with Gasteiger partial charge in [0.1, 0.15) is 0 Å². The summed E-state index contributed by atoms with van der Waals surface area (Å²) in [6, 6.07) is 1.42. The monoisotopic (exact) mass is 387 g/mol. The maximum atomic E-state index is 14.2. The molecule has 0 saturated carbocycles. The first-order valence-electron chi connectivity index (χ1n) is 8.22. The van der Waals surface area contributed by atoms with Crippen molar-refractivity contribution in [1.82, 2.24) is 21.1 Å². The van der Waals surface area contributed by atoms with E-state index < -0.39 is 5.82 Å². The molecule has 4 heterocycles. The molecule has 0 spiro atoms. The summed E-state index contributed by atoms with van der Waals surface area (Å²) in [6.45, 7) is 1.40. The molecule has 7 nitrogen and oxygen atoms in total. The number of aliphatic imine (C=N–C) groups is 1. The summed E-state index contributed by atoms with van der Waals surface area (Å²) in [6.07, 6.45) is 5.00. The smallest absolute Gasteiger partial charge is 0.264 e. The number of fused-ring (bicyclic) bond motifs is 3. The van der Waals surface area contributed by atoms with Crippen molar-refractivity contribution in [2.45, 2.75) is 37.4 Å². The van der Waals surface area contributed by atoms with Gasteiger partial charge in [0.05, 0.1) is 6.61 Å². The van der Waals surface area contributed by atoms with Crippen molar-refractivity contribution in [3.05, 3.63) is 11.0 Å². The first-order chi connectivity index (χ1) is 12.2. The Morgan fingerprint density at radius 3 is 3.16 bits per heavy atom.